The van der Waals surface area contributed by atoms with Crippen LogP contribution in [0.15, 0.2) is 36.4 Å². The van der Waals surface area contributed by atoms with Crippen molar-refractivity contribution in [1.29, 1.82) is 0 Å². The molecule has 25 heavy (non-hydrogen) atoms. The zero-order valence-electron chi connectivity index (χ0n) is 13.4. The second-order valence-corrected chi connectivity index (χ2v) is 5.10. The minimum Gasteiger partial charge on any atom is -0.496 e. The molecule has 8 heteroatoms. The molecule has 7 nitrogen and oxygen atoms in total. The van der Waals surface area contributed by atoms with Gasteiger partial charge in [-0.3, -0.25) is 14.9 Å². The molecule has 0 N–H and O–H groups in total. The highest BCUT2D eigenvalue weighted by Gasteiger charge is 2.19. The molecule has 0 aromatic heterocycles. The summed E-state index contributed by atoms with van der Waals surface area (Å²) >= 11 is 0. The first-order chi connectivity index (χ1) is 11.8. The molecule has 0 bridgehead atoms. The molecule has 0 radical (unpaired) electrons. The first kappa shape index (κ1) is 18.1. The number of nitro groups is 1. The summed E-state index contributed by atoms with van der Waals surface area (Å²) in [5.74, 6) is -2.05. The van der Waals surface area contributed by atoms with Crippen molar-refractivity contribution < 1.29 is 28.4 Å². The Kier molecular flexibility index (Phi) is 5.43. The second-order valence-electron chi connectivity index (χ2n) is 5.10. The molecule has 0 saturated heterocycles. The second kappa shape index (κ2) is 7.52. The minimum absolute atomic E-state index is 0.0590. The molecular weight excluding hydrogens is 333 g/mol. The maximum atomic E-state index is 13.3. The number of aryl methyl sites for hydroxylation is 1. The lowest BCUT2D eigenvalue weighted by Gasteiger charge is -2.08. The van der Waals surface area contributed by atoms with Crippen molar-refractivity contribution in [3.8, 4) is 5.75 Å². The molecule has 0 aliphatic rings. The number of esters is 1. The van der Waals surface area contributed by atoms with Gasteiger partial charge in [0, 0.05) is 11.6 Å². The van der Waals surface area contributed by atoms with Crippen molar-refractivity contribution >= 4 is 17.4 Å². The number of hydrogen-bond donors (Lipinski definition) is 0. The smallest absolute Gasteiger partial charge is 0.338 e. The summed E-state index contributed by atoms with van der Waals surface area (Å²) in [4.78, 5) is 34.4. The average Bonchev–Trinajstić information content (AvgIpc) is 2.59. The van der Waals surface area contributed by atoms with Gasteiger partial charge in [0.2, 0.25) is 5.78 Å². The molecule has 0 saturated carbocycles. The number of ether oxygens (including phenoxy) is 2. The van der Waals surface area contributed by atoms with Gasteiger partial charge in [-0.1, -0.05) is 6.07 Å². The summed E-state index contributed by atoms with van der Waals surface area (Å²) in [5, 5.41) is 10.9. The number of benzene rings is 2. The highest BCUT2D eigenvalue weighted by atomic mass is 19.1. The first-order valence-corrected chi connectivity index (χ1v) is 7.12. The Morgan fingerprint density at radius 1 is 1.20 bits per heavy atom. The van der Waals surface area contributed by atoms with E-state index in [4.69, 9.17) is 9.47 Å². The summed E-state index contributed by atoms with van der Waals surface area (Å²) in [6.07, 6.45) is 0. The van der Waals surface area contributed by atoms with Gasteiger partial charge < -0.3 is 9.47 Å². The van der Waals surface area contributed by atoms with E-state index in [0.717, 1.165) is 18.2 Å². The van der Waals surface area contributed by atoms with Crippen LogP contribution in [0.25, 0.3) is 0 Å². The summed E-state index contributed by atoms with van der Waals surface area (Å²) in [7, 11) is 1.32. The van der Waals surface area contributed by atoms with Crippen LogP contribution in [0.1, 0.15) is 26.3 Å². The van der Waals surface area contributed by atoms with Crippen molar-refractivity contribution in [2.45, 2.75) is 6.92 Å². The van der Waals surface area contributed by atoms with Crippen LogP contribution >= 0.6 is 0 Å². The lowest BCUT2D eigenvalue weighted by molar-refractivity contribution is -0.385. The summed E-state index contributed by atoms with van der Waals surface area (Å²) in [6, 6.07) is 7.24. The molecule has 0 amide bonds. The Bertz CT molecular complexity index is 849. The molecule has 0 spiro atoms. The van der Waals surface area contributed by atoms with Crippen LogP contribution in [-0.2, 0) is 4.74 Å². The minimum atomic E-state index is -0.896. The predicted molar refractivity (Wildman–Crippen MR) is 85.4 cm³/mol. The lowest BCUT2D eigenvalue weighted by atomic mass is 10.1. The third kappa shape index (κ3) is 4.17. The normalized spacial score (nSPS) is 10.2. The van der Waals surface area contributed by atoms with E-state index in [1.54, 1.807) is 0 Å². The molecular formula is C17H14FNO6. The molecule has 2 aromatic carbocycles. The monoisotopic (exact) mass is 347 g/mol. The SMILES string of the molecule is COc1ccc(F)cc1C(=O)COC(=O)c1ccc(C)c([N+](=O)[O-])c1. The summed E-state index contributed by atoms with van der Waals surface area (Å²) in [6.45, 7) is 0.882. The number of hydrogen-bond acceptors (Lipinski definition) is 6. The molecule has 2 aromatic rings. The van der Waals surface area contributed by atoms with E-state index in [2.05, 4.69) is 0 Å². The highest BCUT2D eigenvalue weighted by molar-refractivity contribution is 6.01. The van der Waals surface area contributed by atoms with Crippen molar-refractivity contribution in [3.63, 3.8) is 0 Å². The van der Waals surface area contributed by atoms with E-state index in [1.807, 2.05) is 0 Å². The fourth-order valence-corrected chi connectivity index (χ4v) is 2.12. The van der Waals surface area contributed by atoms with Gasteiger partial charge in [-0.2, -0.15) is 0 Å². The number of nitro benzene ring substituents is 1. The number of halogens is 1. The average molecular weight is 347 g/mol. The van der Waals surface area contributed by atoms with Crippen molar-refractivity contribution in [1.82, 2.24) is 0 Å². The Balaban J connectivity index is 2.12. The lowest BCUT2D eigenvalue weighted by Crippen LogP contribution is -2.15. The molecule has 0 heterocycles. The van der Waals surface area contributed by atoms with Crippen LogP contribution < -0.4 is 4.74 Å². The van der Waals surface area contributed by atoms with Crippen LogP contribution in [0, 0.1) is 22.9 Å². The van der Waals surface area contributed by atoms with E-state index in [0.29, 0.717) is 5.56 Å². The highest BCUT2D eigenvalue weighted by Crippen LogP contribution is 2.21. The van der Waals surface area contributed by atoms with Crippen molar-refractivity contribution in [2.75, 3.05) is 13.7 Å². The number of Topliss-reactive ketones (excluding diaryl/α,β-unsaturated/α-hetero) is 1. The maximum Gasteiger partial charge on any atom is 0.338 e. The first-order valence-electron chi connectivity index (χ1n) is 7.12. The molecule has 0 aliphatic heterocycles. The number of rotatable bonds is 6. The fraction of sp³-hybridized carbons (Fsp3) is 0.176. The largest absolute Gasteiger partial charge is 0.496 e. The molecule has 0 unspecified atom stereocenters. The molecule has 0 aliphatic carbocycles. The number of methoxy groups -OCH3 is 1. The molecule has 0 atom stereocenters. The maximum absolute atomic E-state index is 13.3. The van der Waals surface area contributed by atoms with E-state index >= 15 is 0 Å². The Hall–Kier alpha value is -3.29. The number of nitrogens with zero attached hydrogens (tertiary/aromatic N) is 1. The number of ketones is 1. The van der Waals surface area contributed by atoms with Gasteiger partial charge in [0.25, 0.3) is 5.69 Å². The Morgan fingerprint density at radius 3 is 2.56 bits per heavy atom. The zero-order chi connectivity index (χ0) is 18.6. The van der Waals surface area contributed by atoms with Gasteiger partial charge in [0.1, 0.15) is 11.6 Å². The fourth-order valence-electron chi connectivity index (χ4n) is 2.12. The van der Waals surface area contributed by atoms with Crippen LogP contribution in [0.2, 0.25) is 0 Å². The van der Waals surface area contributed by atoms with Gasteiger partial charge in [-0.25, -0.2) is 9.18 Å². The van der Waals surface area contributed by atoms with E-state index < -0.39 is 29.1 Å². The summed E-state index contributed by atoms with van der Waals surface area (Å²) < 4.78 is 23.1. The molecule has 2 rings (SSSR count). The predicted octanol–water partition coefficient (Wildman–Crippen LogP) is 3.09. The van der Waals surface area contributed by atoms with Crippen LogP contribution in [0.4, 0.5) is 10.1 Å². The van der Waals surface area contributed by atoms with Crippen molar-refractivity contribution in [3.05, 3.63) is 69.0 Å². The zero-order valence-corrected chi connectivity index (χ0v) is 13.4. The standard InChI is InChI=1S/C17H14FNO6/c1-10-3-4-11(7-14(10)19(22)23)17(21)25-9-15(20)13-8-12(18)5-6-16(13)24-2/h3-8H,9H2,1-2H3. The Labute approximate surface area is 142 Å². The quantitative estimate of drug-likeness (QED) is 0.345. The van der Waals surface area contributed by atoms with Gasteiger partial charge in [-0.15, -0.1) is 0 Å². The Morgan fingerprint density at radius 2 is 1.92 bits per heavy atom. The molecule has 130 valence electrons. The van der Waals surface area contributed by atoms with E-state index in [9.17, 15) is 24.1 Å². The molecule has 0 fully saturated rings. The van der Waals surface area contributed by atoms with Gasteiger partial charge in [-0.05, 0) is 31.2 Å². The van der Waals surface area contributed by atoms with E-state index in [1.165, 1.54) is 32.2 Å². The third-order valence-electron chi connectivity index (χ3n) is 3.44. The topological polar surface area (TPSA) is 95.7 Å². The van der Waals surface area contributed by atoms with Crippen LogP contribution in [0.5, 0.6) is 5.75 Å². The van der Waals surface area contributed by atoms with Crippen LogP contribution in [0.3, 0.4) is 0 Å². The van der Waals surface area contributed by atoms with E-state index in [-0.39, 0.29) is 22.6 Å². The van der Waals surface area contributed by atoms with Gasteiger partial charge >= 0.3 is 5.97 Å². The van der Waals surface area contributed by atoms with Gasteiger partial charge in [0.15, 0.2) is 6.61 Å². The van der Waals surface area contributed by atoms with Crippen molar-refractivity contribution in [2.24, 2.45) is 0 Å². The third-order valence-corrected chi connectivity index (χ3v) is 3.44. The van der Waals surface area contributed by atoms with Crippen LogP contribution in [-0.4, -0.2) is 30.4 Å². The van der Waals surface area contributed by atoms with Gasteiger partial charge in [0.05, 0.1) is 23.2 Å². The number of carbonyl (C=O) groups excluding carboxylic acids is 2. The summed E-state index contributed by atoms with van der Waals surface area (Å²) in [5.41, 5.74) is 0.0381. The number of carbonyl (C=O) groups is 2.